The Bertz CT molecular complexity index is 887. The van der Waals surface area contributed by atoms with Crippen molar-refractivity contribution in [2.24, 2.45) is 5.92 Å². The SMILES string of the molecule is O=C(Nc1nccc2ccncc12)C1CCC(Nc2ncccn2)CC1. The Balaban J connectivity index is 1.36. The zero-order valence-electron chi connectivity index (χ0n) is 14.3. The molecule has 3 aromatic rings. The topological polar surface area (TPSA) is 92.7 Å². The number of carbonyl (C=O) groups excluding carboxylic acids is 1. The molecule has 0 bridgehead atoms. The van der Waals surface area contributed by atoms with Gasteiger partial charge >= 0.3 is 0 Å². The number of amides is 1. The van der Waals surface area contributed by atoms with Crippen LogP contribution in [0.25, 0.3) is 10.8 Å². The number of pyridine rings is 2. The van der Waals surface area contributed by atoms with Gasteiger partial charge in [-0.15, -0.1) is 0 Å². The standard InChI is InChI=1S/C19H20N6O/c26-18(25-17-16-12-20-10-6-13(16)7-11-21-17)14-2-4-15(5-3-14)24-19-22-8-1-9-23-19/h1,6-12,14-15H,2-5H2,(H,21,25,26)(H,22,23,24). The van der Waals surface area contributed by atoms with E-state index < -0.39 is 0 Å². The first kappa shape index (κ1) is 16.4. The molecule has 0 radical (unpaired) electrons. The first-order chi connectivity index (χ1) is 12.8. The first-order valence-corrected chi connectivity index (χ1v) is 8.83. The molecular weight excluding hydrogens is 328 g/mol. The monoisotopic (exact) mass is 348 g/mol. The van der Waals surface area contributed by atoms with E-state index in [4.69, 9.17) is 0 Å². The molecule has 1 aliphatic carbocycles. The number of nitrogens with zero attached hydrogens (tertiary/aromatic N) is 4. The molecule has 4 rings (SSSR count). The number of hydrogen-bond donors (Lipinski definition) is 2. The van der Waals surface area contributed by atoms with Crippen LogP contribution < -0.4 is 10.6 Å². The molecular formula is C19H20N6O. The fraction of sp³-hybridized carbons (Fsp3) is 0.316. The molecule has 1 saturated carbocycles. The Morgan fingerprint density at radius 3 is 2.54 bits per heavy atom. The highest BCUT2D eigenvalue weighted by Crippen LogP contribution is 2.28. The van der Waals surface area contributed by atoms with E-state index in [0.29, 0.717) is 17.8 Å². The van der Waals surface area contributed by atoms with Gasteiger partial charge in [-0.2, -0.15) is 0 Å². The van der Waals surface area contributed by atoms with Crippen molar-refractivity contribution in [1.29, 1.82) is 0 Å². The van der Waals surface area contributed by atoms with Gasteiger partial charge in [-0.05, 0) is 49.3 Å². The van der Waals surface area contributed by atoms with E-state index in [1.807, 2.05) is 12.1 Å². The van der Waals surface area contributed by atoms with E-state index in [2.05, 4.69) is 30.6 Å². The van der Waals surface area contributed by atoms with Crippen molar-refractivity contribution < 1.29 is 4.79 Å². The predicted molar refractivity (Wildman–Crippen MR) is 99.6 cm³/mol. The molecule has 7 nitrogen and oxygen atoms in total. The second kappa shape index (κ2) is 7.43. The Labute approximate surface area is 151 Å². The molecule has 7 heteroatoms. The van der Waals surface area contributed by atoms with Crippen LogP contribution in [0.3, 0.4) is 0 Å². The Morgan fingerprint density at radius 2 is 1.73 bits per heavy atom. The second-order valence-electron chi connectivity index (χ2n) is 6.51. The van der Waals surface area contributed by atoms with E-state index in [0.717, 1.165) is 36.5 Å². The van der Waals surface area contributed by atoms with Crippen molar-refractivity contribution in [3.63, 3.8) is 0 Å². The first-order valence-electron chi connectivity index (χ1n) is 8.83. The van der Waals surface area contributed by atoms with Gasteiger partial charge in [0.1, 0.15) is 5.82 Å². The van der Waals surface area contributed by atoms with E-state index >= 15 is 0 Å². The number of aromatic nitrogens is 4. The molecule has 2 N–H and O–H groups in total. The van der Waals surface area contributed by atoms with Crippen molar-refractivity contribution in [3.8, 4) is 0 Å². The largest absolute Gasteiger partial charge is 0.351 e. The maximum absolute atomic E-state index is 12.7. The summed E-state index contributed by atoms with van der Waals surface area (Å²) in [5.41, 5.74) is 0. The maximum atomic E-state index is 12.7. The van der Waals surface area contributed by atoms with E-state index in [-0.39, 0.29) is 11.8 Å². The third-order valence-electron chi connectivity index (χ3n) is 4.81. The highest BCUT2D eigenvalue weighted by Gasteiger charge is 2.27. The van der Waals surface area contributed by atoms with Gasteiger partial charge in [0.2, 0.25) is 11.9 Å². The van der Waals surface area contributed by atoms with Crippen molar-refractivity contribution >= 4 is 28.4 Å². The van der Waals surface area contributed by atoms with Crippen LogP contribution in [0.2, 0.25) is 0 Å². The summed E-state index contributed by atoms with van der Waals surface area (Å²) in [4.78, 5) is 29.5. The minimum Gasteiger partial charge on any atom is -0.351 e. The van der Waals surface area contributed by atoms with Gasteiger partial charge in [-0.25, -0.2) is 15.0 Å². The van der Waals surface area contributed by atoms with Crippen LogP contribution in [0.5, 0.6) is 0 Å². The van der Waals surface area contributed by atoms with Gasteiger partial charge in [0, 0.05) is 48.3 Å². The van der Waals surface area contributed by atoms with Crippen molar-refractivity contribution in [3.05, 3.63) is 49.2 Å². The smallest absolute Gasteiger partial charge is 0.228 e. The molecule has 26 heavy (non-hydrogen) atoms. The molecule has 3 heterocycles. The summed E-state index contributed by atoms with van der Waals surface area (Å²) < 4.78 is 0. The fourth-order valence-corrected chi connectivity index (χ4v) is 3.38. The van der Waals surface area contributed by atoms with Gasteiger partial charge in [0.15, 0.2) is 0 Å². The van der Waals surface area contributed by atoms with Crippen molar-refractivity contribution in [1.82, 2.24) is 19.9 Å². The Morgan fingerprint density at radius 1 is 0.962 bits per heavy atom. The summed E-state index contributed by atoms with van der Waals surface area (Å²) in [6, 6.07) is 5.93. The molecule has 132 valence electrons. The summed E-state index contributed by atoms with van der Waals surface area (Å²) in [7, 11) is 0. The number of rotatable bonds is 4. The third kappa shape index (κ3) is 3.61. The number of fused-ring (bicyclic) bond motifs is 1. The molecule has 0 saturated heterocycles. The number of anilines is 2. The number of carbonyl (C=O) groups is 1. The average molecular weight is 348 g/mol. The molecule has 0 aromatic carbocycles. The van der Waals surface area contributed by atoms with Gasteiger partial charge in [0.25, 0.3) is 0 Å². The maximum Gasteiger partial charge on any atom is 0.228 e. The number of hydrogen-bond acceptors (Lipinski definition) is 6. The van der Waals surface area contributed by atoms with Gasteiger partial charge in [-0.1, -0.05) is 0 Å². The lowest BCUT2D eigenvalue weighted by Crippen LogP contribution is -2.32. The summed E-state index contributed by atoms with van der Waals surface area (Å²) >= 11 is 0. The van der Waals surface area contributed by atoms with E-state index in [1.54, 1.807) is 37.1 Å². The van der Waals surface area contributed by atoms with Crippen molar-refractivity contribution in [2.45, 2.75) is 31.7 Å². The van der Waals surface area contributed by atoms with Crippen LogP contribution in [0.1, 0.15) is 25.7 Å². The molecule has 3 aromatic heterocycles. The highest BCUT2D eigenvalue weighted by molar-refractivity contribution is 6.00. The lowest BCUT2D eigenvalue weighted by atomic mass is 9.85. The molecule has 1 fully saturated rings. The lowest BCUT2D eigenvalue weighted by Gasteiger charge is -2.28. The van der Waals surface area contributed by atoms with Crippen LogP contribution in [-0.2, 0) is 4.79 Å². The van der Waals surface area contributed by atoms with Gasteiger partial charge < -0.3 is 10.6 Å². The normalized spacial score (nSPS) is 19.8. The quantitative estimate of drug-likeness (QED) is 0.753. The average Bonchev–Trinajstić information content (AvgIpc) is 2.70. The minimum atomic E-state index is -0.00142. The highest BCUT2D eigenvalue weighted by atomic mass is 16.1. The Kier molecular flexibility index (Phi) is 4.68. The van der Waals surface area contributed by atoms with E-state index in [9.17, 15) is 4.79 Å². The molecule has 0 aliphatic heterocycles. The Hall–Kier alpha value is -3.09. The van der Waals surface area contributed by atoms with Crippen LogP contribution in [0, 0.1) is 5.92 Å². The molecule has 0 spiro atoms. The zero-order valence-corrected chi connectivity index (χ0v) is 14.3. The van der Waals surface area contributed by atoms with Crippen molar-refractivity contribution in [2.75, 3.05) is 10.6 Å². The molecule has 1 amide bonds. The zero-order chi connectivity index (χ0) is 17.8. The summed E-state index contributed by atoms with van der Waals surface area (Å²) in [5, 5.41) is 8.20. The van der Waals surface area contributed by atoms with Crippen LogP contribution in [0.4, 0.5) is 11.8 Å². The second-order valence-corrected chi connectivity index (χ2v) is 6.51. The van der Waals surface area contributed by atoms with Crippen LogP contribution in [-0.4, -0.2) is 31.9 Å². The third-order valence-corrected chi connectivity index (χ3v) is 4.81. The summed E-state index contributed by atoms with van der Waals surface area (Å²) in [6.07, 6.45) is 12.1. The molecule has 0 unspecified atom stereocenters. The van der Waals surface area contributed by atoms with E-state index in [1.165, 1.54) is 0 Å². The molecule has 1 aliphatic rings. The molecule has 0 atom stereocenters. The van der Waals surface area contributed by atoms with Crippen LogP contribution >= 0.6 is 0 Å². The van der Waals surface area contributed by atoms with Crippen LogP contribution in [0.15, 0.2) is 49.2 Å². The summed E-state index contributed by atoms with van der Waals surface area (Å²) in [6.45, 7) is 0. The lowest BCUT2D eigenvalue weighted by molar-refractivity contribution is -0.120. The summed E-state index contributed by atoms with van der Waals surface area (Å²) in [5.74, 6) is 1.26. The predicted octanol–water partition coefficient (Wildman–Crippen LogP) is 3.03. The van der Waals surface area contributed by atoms with Gasteiger partial charge in [0.05, 0.1) is 0 Å². The minimum absolute atomic E-state index is 0.00142. The van der Waals surface area contributed by atoms with Gasteiger partial charge in [-0.3, -0.25) is 9.78 Å². The fourth-order valence-electron chi connectivity index (χ4n) is 3.38. The number of nitrogens with one attached hydrogen (secondary N) is 2.